The van der Waals surface area contributed by atoms with Gasteiger partial charge in [0.15, 0.2) is 11.5 Å². The lowest BCUT2D eigenvalue weighted by Crippen LogP contribution is -2.15. The number of carbonyl (C=O) groups excluding carboxylic acids is 1. The zero-order valence-electron chi connectivity index (χ0n) is 15.3. The van der Waals surface area contributed by atoms with Gasteiger partial charge in [-0.1, -0.05) is 60.1 Å². The van der Waals surface area contributed by atoms with Gasteiger partial charge >= 0.3 is 0 Å². The Morgan fingerprint density at radius 3 is 2.57 bits per heavy atom. The van der Waals surface area contributed by atoms with Crippen LogP contribution in [0.3, 0.4) is 0 Å². The Morgan fingerprint density at radius 1 is 0.964 bits per heavy atom. The summed E-state index contributed by atoms with van der Waals surface area (Å²) in [7, 11) is 0. The molecule has 0 aromatic heterocycles. The lowest BCUT2D eigenvalue weighted by molar-refractivity contribution is -0.115. The fraction of sp³-hybridized carbons (Fsp3) is 0.174. The maximum absolute atomic E-state index is 12.7. The molecular formula is C23H20ClNO3. The standard InChI is InChI=1S/C23H20ClNO3/c24-19-13-16(14-21-23(19)28-12-6-11-27-21)15-22(26)25-20-10-5-4-9-18(20)17-7-2-1-3-8-17/h1-5,7-10,13-14H,6,11-12,15H2,(H,25,26). The Labute approximate surface area is 169 Å². The van der Waals surface area contributed by atoms with Crippen LogP contribution in [-0.4, -0.2) is 19.1 Å². The third-order valence-electron chi connectivity index (χ3n) is 4.51. The average Bonchev–Trinajstić information content (AvgIpc) is 2.95. The van der Waals surface area contributed by atoms with Crippen LogP contribution >= 0.6 is 11.6 Å². The first kappa shape index (κ1) is 18.4. The van der Waals surface area contributed by atoms with Gasteiger partial charge in [-0.3, -0.25) is 4.79 Å². The minimum atomic E-state index is -0.117. The summed E-state index contributed by atoms with van der Waals surface area (Å²) in [4.78, 5) is 12.7. The van der Waals surface area contributed by atoms with E-state index in [2.05, 4.69) is 5.32 Å². The van der Waals surface area contributed by atoms with Crippen LogP contribution in [0.1, 0.15) is 12.0 Å². The van der Waals surface area contributed by atoms with Crippen LogP contribution in [0, 0.1) is 0 Å². The summed E-state index contributed by atoms with van der Waals surface area (Å²) in [5.74, 6) is 1.03. The number of hydrogen-bond acceptors (Lipinski definition) is 3. The second-order valence-electron chi connectivity index (χ2n) is 6.59. The minimum Gasteiger partial charge on any atom is -0.489 e. The van der Waals surface area contributed by atoms with Gasteiger partial charge in [0.1, 0.15) is 0 Å². The van der Waals surface area contributed by atoms with E-state index in [-0.39, 0.29) is 12.3 Å². The van der Waals surface area contributed by atoms with E-state index in [4.69, 9.17) is 21.1 Å². The van der Waals surface area contributed by atoms with E-state index >= 15 is 0 Å². The van der Waals surface area contributed by atoms with Crippen molar-refractivity contribution >= 4 is 23.2 Å². The van der Waals surface area contributed by atoms with Crippen molar-refractivity contribution < 1.29 is 14.3 Å². The van der Waals surface area contributed by atoms with Crippen molar-refractivity contribution in [1.29, 1.82) is 0 Å². The van der Waals surface area contributed by atoms with E-state index in [1.807, 2.05) is 60.7 Å². The number of ether oxygens (including phenoxy) is 2. The molecule has 1 aliphatic rings. The molecule has 28 heavy (non-hydrogen) atoms. The zero-order chi connectivity index (χ0) is 19.3. The quantitative estimate of drug-likeness (QED) is 0.650. The van der Waals surface area contributed by atoms with E-state index in [1.165, 1.54) is 0 Å². The largest absolute Gasteiger partial charge is 0.489 e. The van der Waals surface area contributed by atoms with Crippen molar-refractivity contribution in [2.45, 2.75) is 12.8 Å². The molecule has 3 aromatic carbocycles. The summed E-state index contributed by atoms with van der Waals surface area (Å²) < 4.78 is 11.3. The smallest absolute Gasteiger partial charge is 0.228 e. The highest BCUT2D eigenvalue weighted by atomic mass is 35.5. The highest BCUT2D eigenvalue weighted by Gasteiger charge is 2.17. The molecule has 0 fully saturated rings. The number of benzene rings is 3. The third kappa shape index (κ3) is 4.12. The molecule has 1 heterocycles. The van der Waals surface area contributed by atoms with E-state index in [0.717, 1.165) is 28.8 Å². The predicted molar refractivity (Wildman–Crippen MR) is 111 cm³/mol. The van der Waals surface area contributed by atoms with Crippen LogP contribution in [0.25, 0.3) is 11.1 Å². The molecule has 4 rings (SSSR count). The van der Waals surface area contributed by atoms with E-state index in [9.17, 15) is 4.79 Å². The minimum absolute atomic E-state index is 0.117. The summed E-state index contributed by atoms with van der Waals surface area (Å²) in [6.07, 6.45) is 0.997. The number of rotatable bonds is 4. The first-order valence-electron chi connectivity index (χ1n) is 9.23. The molecule has 1 N–H and O–H groups in total. The van der Waals surface area contributed by atoms with E-state index in [0.29, 0.717) is 29.7 Å². The number of anilines is 1. The Bertz CT molecular complexity index is 988. The van der Waals surface area contributed by atoms with Gasteiger partial charge < -0.3 is 14.8 Å². The predicted octanol–water partition coefficient (Wildman–Crippen LogP) is 5.35. The second-order valence-corrected chi connectivity index (χ2v) is 7.00. The summed E-state index contributed by atoms with van der Waals surface area (Å²) in [6.45, 7) is 1.15. The number of halogens is 1. The average molecular weight is 394 g/mol. The van der Waals surface area contributed by atoms with Crippen LogP contribution in [-0.2, 0) is 11.2 Å². The van der Waals surface area contributed by atoms with Gasteiger partial charge in [-0.05, 0) is 29.3 Å². The van der Waals surface area contributed by atoms with Gasteiger partial charge in [0.05, 0.1) is 24.7 Å². The molecule has 0 saturated heterocycles. The van der Waals surface area contributed by atoms with Crippen molar-refractivity contribution in [3.8, 4) is 22.6 Å². The number of para-hydroxylation sites is 1. The van der Waals surface area contributed by atoms with Crippen molar-refractivity contribution in [2.24, 2.45) is 0 Å². The lowest BCUT2D eigenvalue weighted by Gasteiger charge is -2.13. The molecule has 1 aliphatic heterocycles. The fourth-order valence-electron chi connectivity index (χ4n) is 3.23. The number of nitrogens with one attached hydrogen (secondary N) is 1. The Kier molecular flexibility index (Phi) is 5.49. The third-order valence-corrected chi connectivity index (χ3v) is 4.79. The molecule has 142 valence electrons. The van der Waals surface area contributed by atoms with Crippen molar-refractivity contribution in [3.63, 3.8) is 0 Å². The monoisotopic (exact) mass is 393 g/mol. The maximum atomic E-state index is 12.7. The Hall–Kier alpha value is -2.98. The van der Waals surface area contributed by atoms with Gasteiger partial charge in [-0.15, -0.1) is 0 Å². The van der Waals surface area contributed by atoms with Crippen LogP contribution in [0.4, 0.5) is 5.69 Å². The van der Waals surface area contributed by atoms with Gasteiger partial charge in [0.25, 0.3) is 0 Å². The van der Waals surface area contributed by atoms with Crippen LogP contribution < -0.4 is 14.8 Å². The molecule has 0 bridgehead atoms. The molecule has 0 aliphatic carbocycles. The first-order chi connectivity index (χ1) is 13.7. The van der Waals surface area contributed by atoms with Crippen LogP contribution in [0.5, 0.6) is 11.5 Å². The molecule has 0 spiro atoms. The van der Waals surface area contributed by atoms with Gasteiger partial charge in [0, 0.05) is 17.7 Å². The summed E-state index contributed by atoms with van der Waals surface area (Å²) in [5, 5.41) is 3.48. The number of carbonyl (C=O) groups is 1. The normalized spacial score (nSPS) is 12.9. The highest BCUT2D eigenvalue weighted by Crippen LogP contribution is 2.38. The molecule has 5 heteroatoms. The van der Waals surface area contributed by atoms with Crippen molar-refractivity contribution in [1.82, 2.24) is 0 Å². The molecular weight excluding hydrogens is 374 g/mol. The zero-order valence-corrected chi connectivity index (χ0v) is 16.0. The Balaban J connectivity index is 1.53. The molecule has 4 nitrogen and oxygen atoms in total. The molecule has 0 atom stereocenters. The molecule has 0 saturated carbocycles. The summed E-state index contributed by atoms with van der Waals surface area (Å²) in [6, 6.07) is 21.3. The number of fused-ring (bicyclic) bond motifs is 1. The van der Waals surface area contributed by atoms with Crippen LogP contribution in [0.15, 0.2) is 66.7 Å². The van der Waals surface area contributed by atoms with Gasteiger partial charge in [-0.25, -0.2) is 0 Å². The van der Waals surface area contributed by atoms with E-state index in [1.54, 1.807) is 6.07 Å². The lowest BCUT2D eigenvalue weighted by atomic mass is 10.0. The van der Waals surface area contributed by atoms with Crippen molar-refractivity contribution in [3.05, 3.63) is 77.3 Å². The fourth-order valence-corrected chi connectivity index (χ4v) is 3.52. The van der Waals surface area contributed by atoms with Gasteiger partial charge in [0.2, 0.25) is 5.91 Å². The number of amides is 1. The van der Waals surface area contributed by atoms with Crippen LogP contribution in [0.2, 0.25) is 5.02 Å². The SMILES string of the molecule is O=C(Cc1cc(Cl)c2c(c1)OCCCO2)Nc1ccccc1-c1ccccc1. The molecule has 0 radical (unpaired) electrons. The first-order valence-corrected chi connectivity index (χ1v) is 9.61. The number of hydrogen-bond donors (Lipinski definition) is 1. The molecule has 0 unspecified atom stereocenters. The van der Waals surface area contributed by atoms with Gasteiger partial charge in [-0.2, -0.15) is 0 Å². The highest BCUT2D eigenvalue weighted by molar-refractivity contribution is 6.32. The second kappa shape index (κ2) is 8.36. The van der Waals surface area contributed by atoms with E-state index < -0.39 is 0 Å². The molecule has 1 amide bonds. The topological polar surface area (TPSA) is 47.6 Å². The summed E-state index contributed by atoms with van der Waals surface area (Å²) in [5.41, 5.74) is 3.59. The Morgan fingerprint density at radius 2 is 1.71 bits per heavy atom. The van der Waals surface area contributed by atoms with Crippen molar-refractivity contribution in [2.75, 3.05) is 18.5 Å². The summed E-state index contributed by atoms with van der Waals surface area (Å²) >= 11 is 6.33. The maximum Gasteiger partial charge on any atom is 0.228 e. The molecule has 3 aromatic rings.